The number of carbonyl (C=O) groups is 2. The highest BCUT2D eigenvalue weighted by atomic mass is 35.5. The van der Waals surface area contributed by atoms with E-state index in [4.69, 9.17) is 16.3 Å². The van der Waals surface area contributed by atoms with Gasteiger partial charge < -0.3 is 14.5 Å². The highest BCUT2D eigenvalue weighted by Crippen LogP contribution is 2.13. The van der Waals surface area contributed by atoms with Gasteiger partial charge in [0, 0.05) is 36.0 Å². The van der Waals surface area contributed by atoms with Crippen LogP contribution in [0.5, 0.6) is 0 Å². The second-order valence-electron chi connectivity index (χ2n) is 6.04. The van der Waals surface area contributed by atoms with Crippen LogP contribution >= 0.6 is 11.6 Å². The summed E-state index contributed by atoms with van der Waals surface area (Å²) in [5, 5.41) is 0.631. The molecular weight excluding hydrogens is 340 g/mol. The predicted octanol–water partition coefficient (Wildman–Crippen LogP) is 3.69. The number of benzene rings is 1. The molecule has 0 saturated heterocycles. The first-order chi connectivity index (χ1) is 12.1. The molecule has 1 aliphatic heterocycles. The van der Waals surface area contributed by atoms with Crippen molar-refractivity contribution in [2.24, 2.45) is 0 Å². The molecule has 0 saturated carbocycles. The van der Waals surface area contributed by atoms with Gasteiger partial charge in [-0.25, -0.2) is 0 Å². The van der Waals surface area contributed by atoms with Crippen LogP contribution in [0.25, 0.3) is 0 Å². The van der Waals surface area contributed by atoms with Gasteiger partial charge in [-0.15, -0.1) is 0 Å². The quantitative estimate of drug-likeness (QED) is 0.360. The van der Waals surface area contributed by atoms with Crippen LogP contribution < -0.4 is 0 Å². The monoisotopic (exact) mass is 364 g/mol. The summed E-state index contributed by atoms with van der Waals surface area (Å²) in [6.07, 6.45) is 7.32. The van der Waals surface area contributed by atoms with Crippen molar-refractivity contribution in [3.63, 3.8) is 0 Å². The Morgan fingerprint density at radius 3 is 2.52 bits per heavy atom. The van der Waals surface area contributed by atoms with Crippen LogP contribution in [0, 0.1) is 0 Å². The van der Waals surface area contributed by atoms with Crippen LogP contribution in [0.1, 0.15) is 43.0 Å². The Labute approximate surface area is 154 Å². The van der Waals surface area contributed by atoms with Crippen LogP contribution in [-0.2, 0) is 9.53 Å². The Hall–Kier alpha value is -2.01. The lowest BCUT2D eigenvalue weighted by molar-refractivity contribution is -0.143. The third kappa shape index (κ3) is 6.78. The maximum absolute atomic E-state index is 12.3. The van der Waals surface area contributed by atoms with Gasteiger partial charge in [0.25, 0.3) is 0 Å². The summed E-state index contributed by atoms with van der Waals surface area (Å²) >= 11 is 5.84. The van der Waals surface area contributed by atoms with Gasteiger partial charge in [0.1, 0.15) is 0 Å². The topological polar surface area (TPSA) is 49.9 Å². The normalized spacial score (nSPS) is 13.4. The molecule has 1 heterocycles. The highest BCUT2D eigenvalue weighted by Gasteiger charge is 2.16. The van der Waals surface area contributed by atoms with Crippen molar-refractivity contribution < 1.29 is 14.3 Å². The average Bonchev–Trinajstić information content (AvgIpc) is 3.02. The SMILES string of the molecule is CCOC(=O)CCCCCN1C=CN(CC(=O)c2ccc(Cl)cc2)C1. The van der Waals surface area contributed by atoms with E-state index >= 15 is 0 Å². The number of rotatable bonds is 10. The molecule has 0 amide bonds. The minimum absolute atomic E-state index is 0.0811. The van der Waals surface area contributed by atoms with Crippen molar-refractivity contribution in [3.05, 3.63) is 47.3 Å². The molecule has 5 nitrogen and oxygen atoms in total. The lowest BCUT2D eigenvalue weighted by atomic mass is 10.1. The molecular formula is C19H25ClN2O3. The largest absolute Gasteiger partial charge is 0.466 e. The van der Waals surface area contributed by atoms with Crippen molar-refractivity contribution in [2.45, 2.75) is 32.6 Å². The van der Waals surface area contributed by atoms with Gasteiger partial charge in [-0.2, -0.15) is 0 Å². The Morgan fingerprint density at radius 1 is 1.08 bits per heavy atom. The fraction of sp³-hybridized carbons (Fsp3) is 0.474. The summed E-state index contributed by atoms with van der Waals surface area (Å²) in [5.41, 5.74) is 0.676. The fourth-order valence-electron chi connectivity index (χ4n) is 2.67. The molecule has 0 atom stereocenters. The van der Waals surface area contributed by atoms with E-state index in [9.17, 15) is 9.59 Å². The van der Waals surface area contributed by atoms with Crippen LogP contribution in [0.4, 0.5) is 0 Å². The van der Waals surface area contributed by atoms with Gasteiger partial charge in [0.15, 0.2) is 5.78 Å². The van der Waals surface area contributed by atoms with E-state index in [1.807, 2.05) is 24.2 Å². The van der Waals surface area contributed by atoms with E-state index in [2.05, 4.69) is 4.90 Å². The van der Waals surface area contributed by atoms with E-state index in [1.165, 1.54) is 0 Å². The fourth-order valence-corrected chi connectivity index (χ4v) is 2.80. The number of Topliss-reactive ketones (excluding diaryl/α,β-unsaturated/α-hetero) is 1. The number of hydrogen-bond donors (Lipinski definition) is 0. The average molecular weight is 365 g/mol. The maximum atomic E-state index is 12.3. The minimum Gasteiger partial charge on any atom is -0.466 e. The molecule has 1 aliphatic rings. The van der Waals surface area contributed by atoms with Gasteiger partial charge in [-0.05, 0) is 44.0 Å². The number of halogens is 1. The molecule has 6 heteroatoms. The molecule has 0 N–H and O–H groups in total. The number of hydrogen-bond acceptors (Lipinski definition) is 5. The van der Waals surface area contributed by atoms with E-state index in [-0.39, 0.29) is 11.8 Å². The zero-order valence-corrected chi connectivity index (χ0v) is 15.4. The van der Waals surface area contributed by atoms with Crippen molar-refractivity contribution in [2.75, 3.05) is 26.4 Å². The summed E-state index contributed by atoms with van der Waals surface area (Å²) < 4.78 is 4.91. The maximum Gasteiger partial charge on any atom is 0.305 e. The van der Waals surface area contributed by atoms with Crippen LogP contribution in [0.2, 0.25) is 5.02 Å². The first-order valence-corrected chi connectivity index (χ1v) is 9.07. The van der Waals surface area contributed by atoms with Crippen molar-refractivity contribution in [3.8, 4) is 0 Å². The van der Waals surface area contributed by atoms with Crippen molar-refractivity contribution >= 4 is 23.4 Å². The first-order valence-electron chi connectivity index (χ1n) is 8.69. The van der Waals surface area contributed by atoms with Crippen LogP contribution in [0.15, 0.2) is 36.7 Å². The van der Waals surface area contributed by atoms with E-state index in [1.54, 1.807) is 24.3 Å². The second kappa shape index (κ2) is 10.1. The Morgan fingerprint density at radius 2 is 1.80 bits per heavy atom. The first kappa shape index (κ1) is 19.3. The number of carbonyl (C=O) groups excluding carboxylic acids is 2. The molecule has 136 valence electrons. The number of ether oxygens (including phenoxy) is 1. The molecule has 0 aromatic heterocycles. The molecule has 0 spiro atoms. The minimum atomic E-state index is -0.115. The molecule has 0 bridgehead atoms. The highest BCUT2D eigenvalue weighted by molar-refractivity contribution is 6.30. The summed E-state index contributed by atoms with van der Waals surface area (Å²) in [6.45, 7) is 4.27. The molecule has 1 aromatic rings. The number of ketones is 1. The molecule has 0 radical (unpaired) electrons. The van der Waals surface area contributed by atoms with Crippen molar-refractivity contribution in [1.82, 2.24) is 9.80 Å². The van der Waals surface area contributed by atoms with Crippen LogP contribution in [-0.4, -0.2) is 47.9 Å². The molecule has 0 aliphatic carbocycles. The number of unbranched alkanes of at least 4 members (excludes halogenated alkanes) is 2. The third-order valence-electron chi connectivity index (χ3n) is 4.00. The molecule has 0 fully saturated rings. The number of nitrogens with zero attached hydrogens (tertiary/aromatic N) is 2. The lowest BCUT2D eigenvalue weighted by Gasteiger charge is -2.20. The second-order valence-corrected chi connectivity index (χ2v) is 6.48. The Balaban J connectivity index is 1.61. The third-order valence-corrected chi connectivity index (χ3v) is 4.25. The Bertz CT molecular complexity index is 601. The smallest absolute Gasteiger partial charge is 0.305 e. The van der Waals surface area contributed by atoms with Gasteiger partial charge in [-0.3, -0.25) is 9.59 Å². The molecule has 25 heavy (non-hydrogen) atoms. The lowest BCUT2D eigenvalue weighted by Crippen LogP contribution is -2.30. The predicted molar refractivity (Wildman–Crippen MR) is 98.3 cm³/mol. The van der Waals surface area contributed by atoms with Gasteiger partial charge >= 0.3 is 5.97 Å². The summed E-state index contributed by atoms with van der Waals surface area (Å²) in [6, 6.07) is 6.98. The molecule has 1 aromatic carbocycles. The van der Waals surface area contributed by atoms with E-state index in [0.717, 1.165) is 32.5 Å². The molecule has 0 unspecified atom stereocenters. The van der Waals surface area contributed by atoms with Crippen molar-refractivity contribution in [1.29, 1.82) is 0 Å². The van der Waals surface area contributed by atoms with Gasteiger partial charge in [0.2, 0.25) is 0 Å². The van der Waals surface area contributed by atoms with E-state index in [0.29, 0.717) is 30.2 Å². The van der Waals surface area contributed by atoms with Gasteiger partial charge in [-0.1, -0.05) is 18.0 Å². The summed E-state index contributed by atoms with van der Waals surface area (Å²) in [7, 11) is 0. The zero-order valence-electron chi connectivity index (χ0n) is 14.6. The molecule has 2 rings (SSSR count). The van der Waals surface area contributed by atoms with Gasteiger partial charge in [0.05, 0.1) is 19.8 Å². The number of esters is 1. The zero-order chi connectivity index (χ0) is 18.1. The Kier molecular flexibility index (Phi) is 7.79. The van der Waals surface area contributed by atoms with E-state index < -0.39 is 0 Å². The summed E-state index contributed by atoms with van der Waals surface area (Å²) in [4.78, 5) is 27.7. The summed E-state index contributed by atoms with van der Waals surface area (Å²) in [5.74, 6) is -0.0342. The van der Waals surface area contributed by atoms with Crippen LogP contribution in [0.3, 0.4) is 0 Å². The standard InChI is InChI=1S/C19H25ClN2O3/c1-2-25-19(24)6-4-3-5-11-21-12-13-22(15-21)14-18(23)16-7-9-17(20)10-8-16/h7-10,12-13H,2-6,11,14-15H2,1H3.